The second-order valence-corrected chi connectivity index (χ2v) is 7.31. The minimum Gasteiger partial charge on any atom is -0.494 e. The maximum absolute atomic E-state index is 5.86. The van der Waals surface area contributed by atoms with Crippen molar-refractivity contribution < 1.29 is 9.47 Å². The lowest BCUT2D eigenvalue weighted by molar-refractivity contribution is 0.181. The van der Waals surface area contributed by atoms with Gasteiger partial charge in [0.25, 0.3) is 0 Å². The Bertz CT molecular complexity index is 1130. The highest BCUT2D eigenvalue weighted by atomic mass is 16.5. The molecule has 1 aliphatic heterocycles. The topological polar surface area (TPSA) is 62.1 Å². The summed E-state index contributed by atoms with van der Waals surface area (Å²) in [7, 11) is 1.67. The Morgan fingerprint density at radius 3 is 2.83 bits per heavy atom. The smallest absolute Gasteiger partial charge is 0.159 e. The maximum Gasteiger partial charge on any atom is 0.159 e. The van der Waals surface area contributed by atoms with Gasteiger partial charge in [-0.3, -0.25) is 4.98 Å². The molecule has 29 heavy (non-hydrogen) atoms. The van der Waals surface area contributed by atoms with Crippen LogP contribution in [0.3, 0.4) is 0 Å². The molecule has 0 unspecified atom stereocenters. The van der Waals surface area contributed by atoms with Gasteiger partial charge < -0.3 is 14.0 Å². The predicted octanol–water partition coefficient (Wildman–Crippen LogP) is 3.93. The van der Waals surface area contributed by atoms with Crippen LogP contribution in [0.5, 0.6) is 5.75 Å². The fourth-order valence-electron chi connectivity index (χ4n) is 4.10. The van der Waals surface area contributed by atoms with Gasteiger partial charge in [-0.1, -0.05) is 18.2 Å². The van der Waals surface area contributed by atoms with Crippen LogP contribution < -0.4 is 4.74 Å². The van der Waals surface area contributed by atoms with Gasteiger partial charge in [-0.05, 0) is 36.2 Å². The average molecular weight is 386 g/mol. The van der Waals surface area contributed by atoms with E-state index in [-0.39, 0.29) is 6.04 Å². The van der Waals surface area contributed by atoms with E-state index in [4.69, 9.17) is 14.5 Å². The third-order valence-electron chi connectivity index (χ3n) is 5.57. The van der Waals surface area contributed by atoms with Gasteiger partial charge in [0, 0.05) is 36.1 Å². The Labute approximate surface area is 169 Å². The highest BCUT2D eigenvalue weighted by Gasteiger charge is 2.31. The molecule has 6 nitrogen and oxygen atoms in total. The minimum atomic E-state index is 0.218. The Hall–Kier alpha value is -3.25. The molecule has 1 fully saturated rings. The van der Waals surface area contributed by atoms with Crippen LogP contribution in [0, 0.1) is 5.92 Å². The molecule has 2 atom stereocenters. The van der Waals surface area contributed by atoms with E-state index in [9.17, 15) is 0 Å². The highest BCUT2D eigenvalue weighted by molar-refractivity contribution is 5.86. The van der Waals surface area contributed by atoms with E-state index in [1.165, 1.54) is 5.56 Å². The van der Waals surface area contributed by atoms with Crippen molar-refractivity contribution in [2.75, 3.05) is 20.3 Å². The minimum absolute atomic E-state index is 0.218. The van der Waals surface area contributed by atoms with Gasteiger partial charge in [-0.2, -0.15) is 0 Å². The summed E-state index contributed by atoms with van der Waals surface area (Å²) in [6, 6.07) is 14.4. The number of methoxy groups -OCH3 is 1. The van der Waals surface area contributed by atoms with Crippen molar-refractivity contribution in [2.24, 2.45) is 5.92 Å². The molecule has 0 aliphatic carbocycles. The standard InChI is InChI=1S/C23H22N4O2/c1-28-21-4-2-3-17-5-6-19(26-22(17)21)23-25-11-12-27(23)20-15-29-14-18(20)13-16-7-9-24-10-8-16/h2-12,18,20H,13-15H2,1H3/t18-,20-/m1/s1. The summed E-state index contributed by atoms with van der Waals surface area (Å²) in [4.78, 5) is 13.6. The number of hydrogen-bond donors (Lipinski definition) is 0. The molecular weight excluding hydrogens is 364 g/mol. The fourth-order valence-corrected chi connectivity index (χ4v) is 4.10. The van der Waals surface area contributed by atoms with Gasteiger partial charge in [0.2, 0.25) is 0 Å². The lowest BCUT2D eigenvalue weighted by atomic mass is 9.95. The molecule has 4 aromatic rings. The first kappa shape index (κ1) is 17.8. The number of para-hydroxylation sites is 1. The average Bonchev–Trinajstić information content (AvgIpc) is 3.43. The first-order valence-electron chi connectivity index (χ1n) is 9.77. The summed E-state index contributed by atoms with van der Waals surface area (Å²) in [6.07, 6.45) is 8.50. The molecule has 0 radical (unpaired) electrons. The summed E-state index contributed by atoms with van der Waals surface area (Å²) in [5.41, 5.74) is 2.95. The van der Waals surface area contributed by atoms with E-state index in [1.54, 1.807) is 7.11 Å². The van der Waals surface area contributed by atoms with E-state index in [0.717, 1.165) is 41.2 Å². The third-order valence-corrected chi connectivity index (χ3v) is 5.57. The van der Waals surface area contributed by atoms with Crippen LogP contribution in [0.1, 0.15) is 11.6 Å². The molecule has 0 saturated carbocycles. The van der Waals surface area contributed by atoms with Crippen molar-refractivity contribution >= 4 is 10.9 Å². The second kappa shape index (κ2) is 7.64. The largest absolute Gasteiger partial charge is 0.494 e. The number of ether oxygens (including phenoxy) is 2. The van der Waals surface area contributed by atoms with Crippen LogP contribution in [0.15, 0.2) is 67.3 Å². The van der Waals surface area contributed by atoms with Gasteiger partial charge in [-0.25, -0.2) is 9.97 Å². The summed E-state index contributed by atoms with van der Waals surface area (Å²) in [5.74, 6) is 2.00. The summed E-state index contributed by atoms with van der Waals surface area (Å²) >= 11 is 0. The molecule has 5 rings (SSSR count). The van der Waals surface area contributed by atoms with Crippen LogP contribution in [0.4, 0.5) is 0 Å². The lowest BCUT2D eigenvalue weighted by Gasteiger charge is -2.21. The molecule has 146 valence electrons. The first-order chi connectivity index (χ1) is 14.3. The van der Waals surface area contributed by atoms with Gasteiger partial charge in [0.05, 0.1) is 26.4 Å². The van der Waals surface area contributed by atoms with Crippen molar-refractivity contribution in [3.8, 4) is 17.3 Å². The van der Waals surface area contributed by atoms with Gasteiger partial charge >= 0.3 is 0 Å². The highest BCUT2D eigenvalue weighted by Crippen LogP contribution is 2.33. The molecule has 0 bridgehead atoms. The summed E-state index contributed by atoms with van der Waals surface area (Å²) in [5, 5.41) is 1.05. The molecular formula is C23H22N4O2. The Balaban J connectivity index is 1.50. The van der Waals surface area contributed by atoms with E-state index in [1.807, 2.05) is 49.1 Å². The van der Waals surface area contributed by atoms with E-state index in [0.29, 0.717) is 12.5 Å². The van der Waals surface area contributed by atoms with Crippen LogP contribution >= 0.6 is 0 Å². The zero-order chi connectivity index (χ0) is 19.6. The first-order valence-corrected chi connectivity index (χ1v) is 9.77. The zero-order valence-corrected chi connectivity index (χ0v) is 16.2. The number of pyridine rings is 2. The Kier molecular flexibility index (Phi) is 4.69. The van der Waals surface area contributed by atoms with E-state index in [2.05, 4.69) is 32.7 Å². The number of nitrogens with zero attached hydrogens (tertiary/aromatic N) is 4. The van der Waals surface area contributed by atoms with Gasteiger partial charge in [-0.15, -0.1) is 0 Å². The van der Waals surface area contributed by atoms with Crippen LogP contribution in [0.2, 0.25) is 0 Å². The Morgan fingerprint density at radius 1 is 1.07 bits per heavy atom. The quantitative estimate of drug-likeness (QED) is 0.520. The molecule has 1 aromatic carbocycles. The fraction of sp³-hybridized carbons (Fsp3) is 0.261. The molecule has 0 N–H and O–H groups in total. The van der Waals surface area contributed by atoms with Crippen molar-refractivity contribution in [3.05, 3.63) is 72.8 Å². The van der Waals surface area contributed by atoms with Crippen molar-refractivity contribution in [1.82, 2.24) is 19.5 Å². The number of fused-ring (bicyclic) bond motifs is 1. The molecule has 0 spiro atoms. The molecule has 4 heterocycles. The third kappa shape index (κ3) is 3.36. The number of benzene rings is 1. The van der Waals surface area contributed by atoms with Crippen LogP contribution in [-0.4, -0.2) is 39.8 Å². The number of hydrogen-bond acceptors (Lipinski definition) is 5. The van der Waals surface area contributed by atoms with Crippen molar-refractivity contribution in [1.29, 1.82) is 0 Å². The number of imidazole rings is 1. The molecule has 6 heteroatoms. The van der Waals surface area contributed by atoms with E-state index >= 15 is 0 Å². The summed E-state index contributed by atoms with van der Waals surface area (Å²) in [6.45, 7) is 1.42. The van der Waals surface area contributed by atoms with Gasteiger partial charge in [0.15, 0.2) is 5.82 Å². The SMILES string of the molecule is COc1cccc2ccc(-c3nccn3[C@@H]3COC[C@H]3Cc3ccncc3)nc12. The molecule has 0 amide bonds. The van der Waals surface area contributed by atoms with Crippen LogP contribution in [-0.2, 0) is 11.2 Å². The van der Waals surface area contributed by atoms with E-state index < -0.39 is 0 Å². The van der Waals surface area contributed by atoms with Crippen molar-refractivity contribution in [2.45, 2.75) is 12.5 Å². The lowest BCUT2D eigenvalue weighted by Crippen LogP contribution is -2.20. The summed E-state index contributed by atoms with van der Waals surface area (Å²) < 4.78 is 13.6. The molecule has 1 saturated heterocycles. The predicted molar refractivity (Wildman–Crippen MR) is 111 cm³/mol. The molecule has 1 aliphatic rings. The second-order valence-electron chi connectivity index (χ2n) is 7.31. The number of aromatic nitrogens is 4. The zero-order valence-electron chi connectivity index (χ0n) is 16.2. The van der Waals surface area contributed by atoms with Crippen molar-refractivity contribution in [3.63, 3.8) is 0 Å². The Morgan fingerprint density at radius 2 is 1.97 bits per heavy atom. The number of rotatable bonds is 5. The van der Waals surface area contributed by atoms with Crippen LogP contribution in [0.25, 0.3) is 22.4 Å². The molecule has 3 aromatic heterocycles. The normalized spacial score (nSPS) is 18.9. The monoisotopic (exact) mass is 386 g/mol. The van der Waals surface area contributed by atoms with Gasteiger partial charge in [0.1, 0.15) is 17.0 Å². The maximum atomic E-state index is 5.86.